The first-order chi connectivity index (χ1) is 13.3. The summed E-state index contributed by atoms with van der Waals surface area (Å²) in [5, 5.41) is 0. The lowest BCUT2D eigenvalue weighted by Crippen LogP contribution is -2.32. The van der Waals surface area contributed by atoms with Gasteiger partial charge < -0.3 is 28.4 Å². The van der Waals surface area contributed by atoms with E-state index in [0.717, 1.165) is 42.3 Å². The van der Waals surface area contributed by atoms with Crippen LogP contribution in [0, 0.1) is 0 Å². The van der Waals surface area contributed by atoms with Gasteiger partial charge in [0, 0.05) is 19.1 Å². The third-order valence-electron chi connectivity index (χ3n) is 4.34. The first-order valence-electron chi connectivity index (χ1n) is 9.29. The summed E-state index contributed by atoms with van der Waals surface area (Å²) in [6.07, 6.45) is 0.966. The van der Waals surface area contributed by atoms with Gasteiger partial charge in [-0.2, -0.15) is 0 Å². The lowest BCUT2D eigenvalue weighted by atomic mass is 10.0. The molecule has 2 aromatic rings. The average molecular weight is 372 g/mol. The van der Waals surface area contributed by atoms with Gasteiger partial charge >= 0.3 is 0 Å². The maximum atomic E-state index is 5.87. The van der Waals surface area contributed by atoms with Gasteiger partial charge in [-0.05, 0) is 42.3 Å². The first-order valence-corrected chi connectivity index (χ1v) is 9.29. The molecule has 27 heavy (non-hydrogen) atoms. The van der Waals surface area contributed by atoms with E-state index in [9.17, 15) is 0 Å². The monoisotopic (exact) mass is 372 g/mol. The van der Waals surface area contributed by atoms with Crippen LogP contribution in [0.25, 0.3) is 11.1 Å². The second-order valence-electron chi connectivity index (χ2n) is 6.45. The molecule has 2 fully saturated rings. The molecule has 2 aromatic carbocycles. The van der Waals surface area contributed by atoms with E-state index in [0.29, 0.717) is 19.0 Å². The topological polar surface area (TPSA) is 58.7 Å². The van der Waals surface area contributed by atoms with Gasteiger partial charge in [0.2, 0.25) is 6.29 Å². The van der Waals surface area contributed by atoms with Crippen molar-refractivity contribution in [3.05, 3.63) is 42.5 Å². The zero-order chi connectivity index (χ0) is 18.5. The Labute approximate surface area is 158 Å². The van der Waals surface area contributed by atoms with E-state index in [1.54, 1.807) is 0 Å². The first kappa shape index (κ1) is 18.1. The fraction of sp³-hybridized carbons (Fsp3) is 0.429. The molecule has 2 heterocycles. The minimum Gasteiger partial charge on any atom is -0.491 e. The molecule has 0 aliphatic carbocycles. The van der Waals surface area contributed by atoms with Gasteiger partial charge in [0.15, 0.2) is 6.79 Å². The Hall–Kier alpha value is -2.28. The molecule has 6 nitrogen and oxygen atoms in total. The van der Waals surface area contributed by atoms with Crippen LogP contribution in [-0.2, 0) is 14.2 Å². The van der Waals surface area contributed by atoms with Crippen molar-refractivity contribution in [2.75, 3.05) is 33.2 Å². The zero-order valence-electron chi connectivity index (χ0n) is 15.4. The molecule has 2 aliphatic rings. The number of hydrogen-bond acceptors (Lipinski definition) is 6. The van der Waals surface area contributed by atoms with Gasteiger partial charge in [0.05, 0.1) is 13.2 Å². The Morgan fingerprint density at radius 1 is 0.926 bits per heavy atom. The van der Waals surface area contributed by atoms with Crippen LogP contribution in [0.4, 0.5) is 0 Å². The van der Waals surface area contributed by atoms with Crippen molar-refractivity contribution in [2.45, 2.75) is 25.7 Å². The van der Waals surface area contributed by atoms with Crippen LogP contribution in [0.5, 0.6) is 17.2 Å². The predicted octanol–water partition coefficient (Wildman–Crippen LogP) is 3.63. The smallest absolute Gasteiger partial charge is 0.202 e. The van der Waals surface area contributed by atoms with Crippen LogP contribution in [0.1, 0.15) is 13.3 Å². The summed E-state index contributed by atoms with van der Waals surface area (Å²) < 4.78 is 33.1. The highest BCUT2D eigenvalue weighted by molar-refractivity contribution is 5.68. The summed E-state index contributed by atoms with van der Waals surface area (Å²) in [5.41, 5.74) is 2.04. The standard InChI is InChI=1S/C21H24O6/c1-2-22-14-26-18-9-16(10-19(11-18)27-21-7-8-23-21)15-3-5-17(6-4-15)24-12-20-13-25-20/h3-6,9-11,20-21H,2,7-8,12-14H2,1H3. The maximum absolute atomic E-state index is 5.87. The van der Waals surface area contributed by atoms with Crippen molar-refractivity contribution < 1.29 is 28.4 Å². The van der Waals surface area contributed by atoms with Crippen LogP contribution in [0.2, 0.25) is 0 Å². The van der Waals surface area contributed by atoms with E-state index in [1.807, 2.05) is 49.4 Å². The van der Waals surface area contributed by atoms with Crippen molar-refractivity contribution in [1.29, 1.82) is 0 Å². The largest absolute Gasteiger partial charge is 0.491 e. The molecule has 2 aliphatic heterocycles. The second kappa shape index (κ2) is 8.61. The summed E-state index contributed by atoms with van der Waals surface area (Å²) in [7, 11) is 0. The van der Waals surface area contributed by atoms with Crippen molar-refractivity contribution in [3.63, 3.8) is 0 Å². The van der Waals surface area contributed by atoms with Gasteiger partial charge in [-0.1, -0.05) is 12.1 Å². The highest BCUT2D eigenvalue weighted by Gasteiger charge is 2.23. The van der Waals surface area contributed by atoms with Crippen molar-refractivity contribution >= 4 is 0 Å². The molecule has 0 aromatic heterocycles. The molecule has 0 radical (unpaired) electrons. The Kier molecular flexibility index (Phi) is 5.77. The van der Waals surface area contributed by atoms with Crippen LogP contribution in [0.3, 0.4) is 0 Å². The molecule has 0 N–H and O–H groups in total. The Morgan fingerprint density at radius 2 is 1.70 bits per heavy atom. The summed E-state index contributed by atoms with van der Waals surface area (Å²) in [6.45, 7) is 4.87. The van der Waals surface area contributed by atoms with Crippen molar-refractivity contribution in [2.24, 2.45) is 0 Å². The van der Waals surface area contributed by atoms with Crippen LogP contribution in [0.15, 0.2) is 42.5 Å². The minimum atomic E-state index is -0.180. The summed E-state index contributed by atoms with van der Waals surface area (Å²) in [5.74, 6) is 2.24. The van der Waals surface area contributed by atoms with Gasteiger partial charge in [-0.15, -0.1) is 0 Å². The molecule has 2 saturated heterocycles. The lowest BCUT2D eigenvalue weighted by Gasteiger charge is -2.27. The Balaban J connectivity index is 1.49. The molecule has 0 saturated carbocycles. The third kappa shape index (κ3) is 5.13. The molecule has 0 amide bonds. The summed E-state index contributed by atoms with van der Waals surface area (Å²) in [6, 6.07) is 13.8. The van der Waals surface area contributed by atoms with Gasteiger partial charge in [-0.3, -0.25) is 0 Å². The van der Waals surface area contributed by atoms with E-state index in [1.165, 1.54) is 0 Å². The molecule has 2 unspecified atom stereocenters. The van der Waals surface area contributed by atoms with Crippen LogP contribution >= 0.6 is 0 Å². The van der Waals surface area contributed by atoms with E-state index in [2.05, 4.69) is 0 Å². The molecular formula is C21H24O6. The van der Waals surface area contributed by atoms with Crippen LogP contribution < -0.4 is 14.2 Å². The number of epoxide rings is 1. The van der Waals surface area contributed by atoms with E-state index >= 15 is 0 Å². The Morgan fingerprint density at radius 3 is 2.37 bits per heavy atom. The van der Waals surface area contributed by atoms with Gasteiger partial charge in [-0.25, -0.2) is 0 Å². The molecule has 2 atom stereocenters. The number of hydrogen-bond donors (Lipinski definition) is 0. The molecule has 4 rings (SSSR count). The maximum Gasteiger partial charge on any atom is 0.202 e. The van der Waals surface area contributed by atoms with Gasteiger partial charge in [0.1, 0.15) is 30.0 Å². The highest BCUT2D eigenvalue weighted by atomic mass is 16.7. The minimum absolute atomic E-state index is 0.180. The predicted molar refractivity (Wildman–Crippen MR) is 99.2 cm³/mol. The fourth-order valence-corrected chi connectivity index (χ4v) is 2.64. The Bertz CT molecular complexity index is 737. The summed E-state index contributed by atoms with van der Waals surface area (Å²) >= 11 is 0. The number of benzene rings is 2. The lowest BCUT2D eigenvalue weighted by molar-refractivity contribution is -0.165. The molecule has 144 valence electrons. The SMILES string of the molecule is CCOCOc1cc(OC2CCO2)cc(-c2ccc(OCC3CO3)cc2)c1. The van der Waals surface area contributed by atoms with Crippen molar-refractivity contribution in [3.8, 4) is 28.4 Å². The number of ether oxygens (including phenoxy) is 6. The molecule has 0 bridgehead atoms. The van der Waals surface area contributed by atoms with E-state index in [-0.39, 0.29) is 19.2 Å². The molecule has 0 spiro atoms. The second-order valence-corrected chi connectivity index (χ2v) is 6.45. The average Bonchev–Trinajstić information content (AvgIpc) is 3.48. The third-order valence-corrected chi connectivity index (χ3v) is 4.34. The zero-order valence-corrected chi connectivity index (χ0v) is 15.4. The van der Waals surface area contributed by atoms with Gasteiger partial charge in [0.25, 0.3) is 0 Å². The normalized spacial score (nSPS) is 20.6. The van der Waals surface area contributed by atoms with E-state index in [4.69, 9.17) is 28.4 Å². The summed E-state index contributed by atoms with van der Waals surface area (Å²) in [4.78, 5) is 0. The van der Waals surface area contributed by atoms with E-state index < -0.39 is 0 Å². The highest BCUT2D eigenvalue weighted by Crippen LogP contribution is 2.32. The van der Waals surface area contributed by atoms with Crippen molar-refractivity contribution in [1.82, 2.24) is 0 Å². The quantitative estimate of drug-likeness (QED) is 0.361. The van der Waals surface area contributed by atoms with Crippen LogP contribution in [-0.4, -0.2) is 45.6 Å². The molecular weight excluding hydrogens is 348 g/mol. The fourth-order valence-electron chi connectivity index (χ4n) is 2.64. The number of rotatable bonds is 10. The molecule has 6 heteroatoms.